The Labute approximate surface area is 103 Å². The minimum absolute atomic E-state index is 0.0229. The van der Waals surface area contributed by atoms with Gasteiger partial charge in [0.05, 0.1) is 18.9 Å². The molecule has 0 fully saturated rings. The molecule has 0 saturated carbocycles. The Balaban J connectivity index is 3.52. The van der Waals surface area contributed by atoms with Gasteiger partial charge in [0, 0.05) is 19.4 Å². The van der Waals surface area contributed by atoms with Crippen LogP contribution >= 0.6 is 0 Å². The number of nitrogens with one attached hydrogen (secondary N) is 2. The average Bonchev–Trinajstić information content (AvgIpc) is 2.15. The van der Waals surface area contributed by atoms with Gasteiger partial charge in [-0.3, -0.25) is 4.79 Å². The Bertz CT molecular complexity index is 316. The van der Waals surface area contributed by atoms with Crippen LogP contribution in [0.5, 0.6) is 0 Å². The van der Waals surface area contributed by atoms with E-state index in [1.54, 1.807) is 7.11 Å². The van der Waals surface area contributed by atoms with Gasteiger partial charge in [-0.25, -0.2) is 8.42 Å². The molecule has 0 spiro atoms. The van der Waals surface area contributed by atoms with Gasteiger partial charge in [-0.1, -0.05) is 0 Å². The highest BCUT2D eigenvalue weighted by molar-refractivity contribution is 7.90. The first kappa shape index (κ1) is 16.3. The summed E-state index contributed by atoms with van der Waals surface area (Å²) >= 11 is 0. The highest BCUT2D eigenvalue weighted by Crippen LogP contribution is 1.87. The van der Waals surface area contributed by atoms with E-state index in [0.717, 1.165) is 0 Å². The Morgan fingerprint density at radius 1 is 1.41 bits per heavy atom. The first-order chi connectivity index (χ1) is 7.85. The molecule has 2 N–H and O–H groups in total. The van der Waals surface area contributed by atoms with Crippen molar-refractivity contribution in [1.29, 1.82) is 0 Å². The van der Waals surface area contributed by atoms with Crippen molar-refractivity contribution in [1.82, 2.24) is 10.6 Å². The lowest BCUT2D eigenvalue weighted by molar-refractivity contribution is -0.121. The minimum Gasteiger partial charge on any atom is -0.383 e. The monoisotopic (exact) mass is 266 g/mol. The molecule has 0 rings (SSSR count). The van der Waals surface area contributed by atoms with Crippen molar-refractivity contribution in [2.24, 2.45) is 0 Å². The van der Waals surface area contributed by atoms with Crippen LogP contribution < -0.4 is 10.6 Å². The number of amides is 1. The van der Waals surface area contributed by atoms with Crippen molar-refractivity contribution in [3.63, 3.8) is 0 Å². The predicted molar refractivity (Wildman–Crippen MR) is 66.7 cm³/mol. The molecule has 1 amide bonds. The van der Waals surface area contributed by atoms with Crippen LogP contribution in [0.15, 0.2) is 0 Å². The molecule has 0 aromatic carbocycles. The standard InChI is InChI=1S/C10H22N2O4S/c1-9(8-16-2)12-10(13)7-11-5-4-6-17(3,14)15/h9,11H,4-8H2,1-3H3,(H,12,13). The third-order valence-electron chi connectivity index (χ3n) is 1.98. The number of methoxy groups -OCH3 is 1. The van der Waals surface area contributed by atoms with E-state index in [9.17, 15) is 13.2 Å². The maximum Gasteiger partial charge on any atom is 0.234 e. The summed E-state index contributed by atoms with van der Waals surface area (Å²) in [6.07, 6.45) is 1.71. The van der Waals surface area contributed by atoms with E-state index >= 15 is 0 Å². The number of rotatable bonds is 9. The van der Waals surface area contributed by atoms with Gasteiger partial charge in [0.25, 0.3) is 0 Å². The molecule has 0 radical (unpaired) electrons. The maximum absolute atomic E-state index is 11.3. The van der Waals surface area contributed by atoms with Crippen LogP contribution in [0.4, 0.5) is 0 Å². The third kappa shape index (κ3) is 11.6. The molecule has 0 aromatic heterocycles. The third-order valence-corrected chi connectivity index (χ3v) is 3.01. The smallest absolute Gasteiger partial charge is 0.234 e. The van der Waals surface area contributed by atoms with Crippen molar-refractivity contribution < 1.29 is 17.9 Å². The molecule has 1 atom stereocenters. The summed E-state index contributed by atoms with van der Waals surface area (Å²) in [7, 11) is -1.33. The second kappa shape index (κ2) is 8.43. The van der Waals surface area contributed by atoms with Crippen molar-refractivity contribution >= 4 is 15.7 Å². The van der Waals surface area contributed by atoms with Gasteiger partial charge in [0.15, 0.2) is 0 Å². The van der Waals surface area contributed by atoms with Crippen LogP contribution in [0, 0.1) is 0 Å². The zero-order valence-electron chi connectivity index (χ0n) is 10.7. The van der Waals surface area contributed by atoms with Crippen LogP contribution in [0.1, 0.15) is 13.3 Å². The van der Waals surface area contributed by atoms with E-state index < -0.39 is 9.84 Å². The van der Waals surface area contributed by atoms with Gasteiger partial charge in [-0.2, -0.15) is 0 Å². The summed E-state index contributed by atoms with van der Waals surface area (Å²) in [4.78, 5) is 11.3. The molecule has 1 unspecified atom stereocenters. The molecule has 102 valence electrons. The Hall–Kier alpha value is -0.660. The van der Waals surface area contributed by atoms with E-state index in [4.69, 9.17) is 4.74 Å². The molecule has 0 aromatic rings. The zero-order chi connectivity index (χ0) is 13.3. The van der Waals surface area contributed by atoms with E-state index in [1.807, 2.05) is 6.92 Å². The lowest BCUT2D eigenvalue weighted by atomic mass is 10.3. The number of hydrogen-bond donors (Lipinski definition) is 2. The fourth-order valence-electron chi connectivity index (χ4n) is 1.28. The van der Waals surface area contributed by atoms with Crippen molar-refractivity contribution in [2.45, 2.75) is 19.4 Å². The van der Waals surface area contributed by atoms with Gasteiger partial charge in [0.2, 0.25) is 5.91 Å². The summed E-state index contributed by atoms with van der Waals surface area (Å²) in [5, 5.41) is 5.63. The maximum atomic E-state index is 11.3. The fourth-order valence-corrected chi connectivity index (χ4v) is 1.95. The summed E-state index contributed by atoms with van der Waals surface area (Å²) in [6, 6.07) is -0.0229. The van der Waals surface area contributed by atoms with Crippen molar-refractivity contribution in [3.05, 3.63) is 0 Å². The van der Waals surface area contributed by atoms with Gasteiger partial charge in [-0.05, 0) is 19.9 Å². The van der Waals surface area contributed by atoms with Crippen LogP contribution in [0.25, 0.3) is 0 Å². The van der Waals surface area contributed by atoms with E-state index in [-0.39, 0.29) is 24.2 Å². The normalized spacial score (nSPS) is 13.4. The lowest BCUT2D eigenvalue weighted by Gasteiger charge is -2.12. The summed E-state index contributed by atoms with van der Waals surface area (Å²) < 4.78 is 26.5. The van der Waals surface area contributed by atoms with Crippen LogP contribution in [0.3, 0.4) is 0 Å². The largest absolute Gasteiger partial charge is 0.383 e. The molecular weight excluding hydrogens is 244 g/mol. The molecule has 6 nitrogen and oxygen atoms in total. The Morgan fingerprint density at radius 2 is 2.06 bits per heavy atom. The predicted octanol–water partition coefficient (Wildman–Crippen LogP) is -0.838. The van der Waals surface area contributed by atoms with Gasteiger partial charge >= 0.3 is 0 Å². The summed E-state index contributed by atoms with van der Waals surface area (Å²) in [5.74, 6) is 0.0238. The van der Waals surface area contributed by atoms with Gasteiger partial charge < -0.3 is 15.4 Å². The second-order valence-corrected chi connectivity index (χ2v) is 6.34. The first-order valence-corrected chi connectivity index (χ1v) is 7.58. The number of sulfone groups is 1. The Morgan fingerprint density at radius 3 is 2.59 bits per heavy atom. The topological polar surface area (TPSA) is 84.5 Å². The van der Waals surface area contributed by atoms with Crippen LogP contribution in [0.2, 0.25) is 0 Å². The van der Waals surface area contributed by atoms with E-state index in [1.165, 1.54) is 6.26 Å². The first-order valence-electron chi connectivity index (χ1n) is 5.52. The highest BCUT2D eigenvalue weighted by Gasteiger charge is 2.06. The molecule has 0 aliphatic carbocycles. The second-order valence-electron chi connectivity index (χ2n) is 4.08. The molecule has 0 saturated heterocycles. The summed E-state index contributed by atoms with van der Waals surface area (Å²) in [5.41, 5.74) is 0. The highest BCUT2D eigenvalue weighted by atomic mass is 32.2. The van der Waals surface area contributed by atoms with Crippen molar-refractivity contribution in [3.8, 4) is 0 Å². The SMILES string of the molecule is COCC(C)NC(=O)CNCCCS(C)(=O)=O. The number of ether oxygens (including phenoxy) is 1. The number of carbonyl (C=O) groups is 1. The van der Waals surface area contributed by atoms with E-state index in [2.05, 4.69) is 10.6 Å². The molecule has 0 bridgehead atoms. The Kier molecular flexibility index (Phi) is 8.11. The van der Waals surface area contributed by atoms with E-state index in [0.29, 0.717) is 19.6 Å². The molecule has 0 heterocycles. The lowest BCUT2D eigenvalue weighted by Crippen LogP contribution is -2.41. The zero-order valence-corrected chi connectivity index (χ0v) is 11.5. The molecule has 17 heavy (non-hydrogen) atoms. The van der Waals surface area contributed by atoms with Crippen molar-refractivity contribution in [2.75, 3.05) is 38.8 Å². The van der Waals surface area contributed by atoms with Gasteiger partial charge in [0.1, 0.15) is 9.84 Å². The molecule has 0 aliphatic rings. The minimum atomic E-state index is -2.91. The molecular formula is C10H22N2O4S. The number of hydrogen-bond acceptors (Lipinski definition) is 5. The fraction of sp³-hybridized carbons (Fsp3) is 0.900. The van der Waals surface area contributed by atoms with Crippen LogP contribution in [-0.4, -0.2) is 59.2 Å². The van der Waals surface area contributed by atoms with Gasteiger partial charge in [-0.15, -0.1) is 0 Å². The number of carbonyl (C=O) groups excluding carboxylic acids is 1. The quantitative estimate of drug-likeness (QED) is 0.532. The summed E-state index contributed by atoms with van der Waals surface area (Å²) in [6.45, 7) is 3.03. The molecule has 7 heteroatoms. The average molecular weight is 266 g/mol. The molecule has 0 aliphatic heterocycles. The van der Waals surface area contributed by atoms with Crippen LogP contribution in [-0.2, 0) is 19.4 Å².